The van der Waals surface area contributed by atoms with Crippen molar-refractivity contribution < 1.29 is 19.1 Å². The summed E-state index contributed by atoms with van der Waals surface area (Å²) in [6, 6.07) is 17.9. The molecule has 2 amide bonds. The molecule has 2 heterocycles. The molecule has 2 aromatic carbocycles. The van der Waals surface area contributed by atoms with Crippen molar-refractivity contribution in [2.45, 2.75) is 77.0 Å². The van der Waals surface area contributed by atoms with Gasteiger partial charge in [0.1, 0.15) is 17.5 Å². The second-order valence-electron chi connectivity index (χ2n) is 11.3. The number of benzene rings is 2. The lowest BCUT2D eigenvalue weighted by atomic mass is 10.1. The lowest BCUT2D eigenvalue weighted by molar-refractivity contribution is 0.0126. The fourth-order valence-electron chi connectivity index (χ4n) is 5.23. The zero-order valence-corrected chi connectivity index (χ0v) is 22.5. The predicted molar refractivity (Wildman–Crippen MR) is 148 cm³/mol. The first-order valence-corrected chi connectivity index (χ1v) is 13.7. The number of rotatable bonds is 5. The van der Waals surface area contributed by atoms with E-state index in [4.69, 9.17) is 14.5 Å². The van der Waals surface area contributed by atoms with Crippen LogP contribution in [0.3, 0.4) is 0 Å². The van der Waals surface area contributed by atoms with E-state index >= 15 is 0 Å². The van der Waals surface area contributed by atoms with Crippen LogP contribution in [0.25, 0.3) is 22.2 Å². The molecule has 0 bridgehead atoms. The quantitative estimate of drug-likeness (QED) is 0.428. The maximum absolute atomic E-state index is 13.1. The van der Waals surface area contributed by atoms with Gasteiger partial charge >= 0.3 is 6.09 Å². The summed E-state index contributed by atoms with van der Waals surface area (Å²) in [6.07, 6.45) is 5.68. The molecule has 3 aromatic rings. The van der Waals surface area contributed by atoms with Gasteiger partial charge in [-0.1, -0.05) is 43.2 Å². The van der Waals surface area contributed by atoms with Crippen LogP contribution in [0, 0.1) is 0 Å². The van der Waals surface area contributed by atoms with Crippen molar-refractivity contribution in [2.75, 3.05) is 13.1 Å². The first-order chi connectivity index (χ1) is 18.2. The molecule has 200 valence electrons. The summed E-state index contributed by atoms with van der Waals surface area (Å²) in [5, 5.41) is 4.13. The Morgan fingerprint density at radius 3 is 2.42 bits per heavy atom. The van der Waals surface area contributed by atoms with Crippen LogP contribution in [0.1, 0.15) is 69.7 Å². The van der Waals surface area contributed by atoms with E-state index in [9.17, 15) is 9.59 Å². The molecule has 1 aliphatic carbocycles. The summed E-state index contributed by atoms with van der Waals surface area (Å²) < 4.78 is 11.8. The van der Waals surface area contributed by atoms with Crippen LogP contribution < -0.4 is 10.1 Å². The fourth-order valence-corrected chi connectivity index (χ4v) is 5.23. The van der Waals surface area contributed by atoms with Gasteiger partial charge in [-0.05, 0) is 57.9 Å². The van der Waals surface area contributed by atoms with Gasteiger partial charge in [0, 0.05) is 42.9 Å². The Balaban J connectivity index is 1.28. The standard InChI is InChI=1S/C31H37N3O4/c1-31(2,3)38-30(36)34-18-16-24(17-19-34)37-25-12-6-9-22(20-25)27-15-14-21-8-7-13-26(28(21)33-27)29(35)32-23-10-4-5-11-23/h6-9,12-15,20,23-24H,4-5,10-11,16-19H2,1-3H3,(H,32,35). The van der Waals surface area contributed by atoms with Gasteiger partial charge in [0.15, 0.2) is 0 Å². The minimum absolute atomic E-state index is 0.0272. The normalized spacial score (nSPS) is 17.0. The maximum Gasteiger partial charge on any atom is 0.410 e. The average Bonchev–Trinajstić information content (AvgIpc) is 3.40. The van der Waals surface area contributed by atoms with Gasteiger partial charge in [0.2, 0.25) is 0 Å². The monoisotopic (exact) mass is 515 g/mol. The maximum atomic E-state index is 13.1. The first-order valence-electron chi connectivity index (χ1n) is 13.7. The van der Waals surface area contributed by atoms with Gasteiger partial charge in [-0.15, -0.1) is 0 Å². The molecular formula is C31H37N3O4. The number of carbonyl (C=O) groups excluding carboxylic acids is 2. The van der Waals surface area contributed by atoms with Crippen molar-refractivity contribution in [1.82, 2.24) is 15.2 Å². The highest BCUT2D eigenvalue weighted by molar-refractivity contribution is 6.06. The molecule has 38 heavy (non-hydrogen) atoms. The number of hydrogen-bond donors (Lipinski definition) is 1. The van der Waals surface area contributed by atoms with Crippen molar-refractivity contribution in [2.24, 2.45) is 0 Å². The molecule has 7 heteroatoms. The molecule has 7 nitrogen and oxygen atoms in total. The summed E-state index contributed by atoms with van der Waals surface area (Å²) in [5.74, 6) is 0.717. The number of carbonyl (C=O) groups is 2. The minimum Gasteiger partial charge on any atom is -0.490 e. The molecule has 0 spiro atoms. The minimum atomic E-state index is -0.498. The van der Waals surface area contributed by atoms with E-state index in [1.54, 1.807) is 4.90 Å². The molecule has 1 saturated heterocycles. The molecule has 2 fully saturated rings. The molecule has 1 aliphatic heterocycles. The highest BCUT2D eigenvalue weighted by Gasteiger charge is 2.28. The highest BCUT2D eigenvalue weighted by Crippen LogP contribution is 2.28. The molecule has 2 aliphatic rings. The van der Waals surface area contributed by atoms with Gasteiger partial charge in [-0.25, -0.2) is 9.78 Å². The van der Waals surface area contributed by atoms with Gasteiger partial charge in [0.25, 0.3) is 5.91 Å². The van der Waals surface area contributed by atoms with Crippen LogP contribution >= 0.6 is 0 Å². The van der Waals surface area contributed by atoms with Crippen molar-refractivity contribution >= 4 is 22.9 Å². The molecule has 1 N–H and O–H groups in total. The van der Waals surface area contributed by atoms with Crippen molar-refractivity contribution in [3.8, 4) is 17.0 Å². The number of amides is 2. The molecule has 1 aromatic heterocycles. The summed E-state index contributed by atoms with van der Waals surface area (Å²) in [5.41, 5.74) is 2.55. The second kappa shape index (κ2) is 11.0. The number of fused-ring (bicyclic) bond motifs is 1. The summed E-state index contributed by atoms with van der Waals surface area (Å²) >= 11 is 0. The number of pyridine rings is 1. The van der Waals surface area contributed by atoms with Crippen LogP contribution in [-0.4, -0.2) is 52.7 Å². The van der Waals surface area contributed by atoms with Gasteiger partial charge in [-0.3, -0.25) is 4.79 Å². The number of nitrogens with one attached hydrogen (secondary N) is 1. The molecule has 5 rings (SSSR count). The second-order valence-corrected chi connectivity index (χ2v) is 11.3. The smallest absolute Gasteiger partial charge is 0.410 e. The molecular weight excluding hydrogens is 478 g/mol. The summed E-state index contributed by atoms with van der Waals surface area (Å²) in [6.45, 7) is 6.85. The van der Waals surface area contributed by atoms with Crippen molar-refractivity contribution in [1.29, 1.82) is 0 Å². The lowest BCUT2D eigenvalue weighted by Gasteiger charge is -2.33. The number of hydrogen-bond acceptors (Lipinski definition) is 5. The Kier molecular flexibility index (Phi) is 7.54. The highest BCUT2D eigenvalue weighted by atomic mass is 16.6. The molecule has 0 unspecified atom stereocenters. The van der Waals surface area contributed by atoms with E-state index in [0.29, 0.717) is 24.2 Å². The van der Waals surface area contributed by atoms with Gasteiger partial charge in [-0.2, -0.15) is 0 Å². The third-order valence-corrected chi connectivity index (χ3v) is 7.18. The van der Waals surface area contributed by atoms with E-state index in [1.807, 2.05) is 75.4 Å². The Morgan fingerprint density at radius 2 is 1.68 bits per heavy atom. The first kappa shape index (κ1) is 26.0. The zero-order valence-electron chi connectivity index (χ0n) is 22.5. The number of likely N-dealkylation sites (tertiary alicyclic amines) is 1. The van der Waals surface area contributed by atoms with Crippen molar-refractivity contribution in [3.05, 3.63) is 60.2 Å². The number of aromatic nitrogens is 1. The van der Waals surface area contributed by atoms with E-state index < -0.39 is 5.60 Å². The van der Waals surface area contributed by atoms with Crippen LogP contribution in [0.2, 0.25) is 0 Å². The third kappa shape index (κ3) is 6.26. The number of ether oxygens (including phenoxy) is 2. The number of piperidine rings is 1. The van der Waals surface area contributed by atoms with Gasteiger partial charge in [0.05, 0.1) is 16.8 Å². The largest absolute Gasteiger partial charge is 0.490 e. The number of nitrogens with zero attached hydrogens (tertiary/aromatic N) is 2. The topological polar surface area (TPSA) is 80.8 Å². The van der Waals surface area contributed by atoms with Crippen LogP contribution in [0.4, 0.5) is 4.79 Å². The molecule has 1 saturated carbocycles. The van der Waals surface area contributed by atoms with E-state index in [0.717, 1.165) is 48.1 Å². The van der Waals surface area contributed by atoms with Gasteiger partial charge < -0.3 is 19.7 Å². The van der Waals surface area contributed by atoms with Crippen LogP contribution in [0.15, 0.2) is 54.6 Å². The molecule has 0 atom stereocenters. The molecule has 0 radical (unpaired) electrons. The Morgan fingerprint density at radius 1 is 0.947 bits per heavy atom. The predicted octanol–water partition coefficient (Wildman–Crippen LogP) is 6.35. The SMILES string of the molecule is CC(C)(C)OC(=O)N1CCC(Oc2cccc(-c3ccc4cccc(C(=O)NC5CCCC5)c4n3)c2)CC1. The van der Waals surface area contributed by atoms with E-state index in [2.05, 4.69) is 5.32 Å². The summed E-state index contributed by atoms with van der Waals surface area (Å²) in [7, 11) is 0. The number of para-hydroxylation sites is 1. The average molecular weight is 516 g/mol. The van der Waals surface area contributed by atoms with Crippen LogP contribution in [-0.2, 0) is 4.74 Å². The Labute approximate surface area is 224 Å². The Hall–Kier alpha value is -3.61. The van der Waals surface area contributed by atoms with E-state index in [-0.39, 0.29) is 24.1 Å². The zero-order chi connectivity index (χ0) is 26.7. The Bertz CT molecular complexity index is 1300. The fraction of sp³-hybridized carbons (Fsp3) is 0.452. The van der Waals surface area contributed by atoms with Crippen LogP contribution in [0.5, 0.6) is 5.75 Å². The van der Waals surface area contributed by atoms with E-state index in [1.165, 1.54) is 12.8 Å². The third-order valence-electron chi connectivity index (χ3n) is 7.18. The van der Waals surface area contributed by atoms with Crippen molar-refractivity contribution in [3.63, 3.8) is 0 Å². The summed E-state index contributed by atoms with van der Waals surface area (Å²) in [4.78, 5) is 32.1. The lowest BCUT2D eigenvalue weighted by Crippen LogP contribution is -2.44.